The third-order valence-electron chi connectivity index (χ3n) is 3.13. The van der Waals surface area contributed by atoms with Crippen LogP contribution in [0.4, 0.5) is 5.82 Å². The first-order valence-electron chi connectivity index (χ1n) is 5.75. The summed E-state index contributed by atoms with van der Waals surface area (Å²) in [6.45, 7) is 5.94. The summed E-state index contributed by atoms with van der Waals surface area (Å²) in [5, 5.41) is 6.52. The Hall–Kier alpha value is -1.36. The monoisotopic (exact) mass is 224 g/mol. The smallest absolute Gasteiger partial charge is 0.283 e. The highest BCUT2D eigenvalue weighted by Crippen LogP contribution is 2.07. The van der Waals surface area contributed by atoms with Gasteiger partial charge in [-0.3, -0.25) is 4.79 Å². The van der Waals surface area contributed by atoms with Gasteiger partial charge in [-0.1, -0.05) is 5.16 Å². The summed E-state index contributed by atoms with van der Waals surface area (Å²) in [5.74, 6) is 1.23. The zero-order valence-corrected chi connectivity index (χ0v) is 9.75. The lowest BCUT2D eigenvalue weighted by Crippen LogP contribution is -3.14. The second-order valence-corrected chi connectivity index (χ2v) is 4.40. The van der Waals surface area contributed by atoms with Crippen LogP contribution >= 0.6 is 0 Å². The molecule has 0 bridgehead atoms. The van der Waals surface area contributed by atoms with E-state index in [1.807, 2.05) is 6.92 Å². The zero-order valence-electron chi connectivity index (χ0n) is 9.75. The van der Waals surface area contributed by atoms with Crippen LogP contribution in [0.25, 0.3) is 0 Å². The quantitative estimate of drug-likeness (QED) is 0.759. The fourth-order valence-corrected chi connectivity index (χ4v) is 2.11. The van der Waals surface area contributed by atoms with Gasteiger partial charge in [0.25, 0.3) is 5.91 Å². The van der Waals surface area contributed by atoms with Crippen molar-refractivity contribution in [1.29, 1.82) is 0 Å². The summed E-state index contributed by atoms with van der Waals surface area (Å²) in [4.78, 5) is 13.3. The highest BCUT2D eigenvalue weighted by atomic mass is 16.5. The first kappa shape index (κ1) is 11.1. The molecule has 0 radical (unpaired) electrons. The second-order valence-electron chi connectivity index (χ2n) is 4.40. The van der Waals surface area contributed by atoms with Crippen molar-refractivity contribution >= 4 is 11.7 Å². The summed E-state index contributed by atoms with van der Waals surface area (Å²) >= 11 is 0. The average molecular weight is 224 g/mol. The maximum Gasteiger partial charge on any atom is 0.283 e. The average Bonchev–Trinajstić information content (AvgIpc) is 2.88. The first-order chi connectivity index (χ1) is 7.66. The SMILES string of the molecule is Cc1cc(NC(=O)[C@H](C)[NH+]2CCCC2)no1. The van der Waals surface area contributed by atoms with E-state index < -0.39 is 0 Å². The first-order valence-corrected chi connectivity index (χ1v) is 5.75. The van der Waals surface area contributed by atoms with Crippen molar-refractivity contribution in [2.24, 2.45) is 0 Å². The molecule has 1 aromatic rings. The van der Waals surface area contributed by atoms with Crippen LogP contribution in [0.1, 0.15) is 25.5 Å². The number of quaternary nitrogens is 1. The van der Waals surface area contributed by atoms with Crippen LogP contribution in [0.3, 0.4) is 0 Å². The molecule has 0 aromatic carbocycles. The molecule has 0 saturated carbocycles. The Kier molecular flexibility index (Phi) is 3.24. The molecule has 1 amide bonds. The Morgan fingerprint density at radius 2 is 2.25 bits per heavy atom. The summed E-state index contributed by atoms with van der Waals surface area (Å²) in [5.41, 5.74) is 0. The van der Waals surface area contributed by atoms with Gasteiger partial charge in [0.2, 0.25) is 0 Å². The molecule has 2 rings (SSSR count). The van der Waals surface area contributed by atoms with Crippen LogP contribution in [-0.2, 0) is 4.79 Å². The largest absolute Gasteiger partial charge is 0.360 e. The normalized spacial score (nSPS) is 18.6. The Morgan fingerprint density at radius 1 is 1.56 bits per heavy atom. The van der Waals surface area contributed by atoms with Gasteiger partial charge in [-0.25, -0.2) is 0 Å². The minimum Gasteiger partial charge on any atom is -0.360 e. The fourth-order valence-electron chi connectivity index (χ4n) is 2.11. The van der Waals surface area contributed by atoms with E-state index in [1.165, 1.54) is 17.7 Å². The molecular weight excluding hydrogens is 206 g/mol. The van der Waals surface area contributed by atoms with Crippen molar-refractivity contribution < 1.29 is 14.2 Å². The number of amides is 1. The van der Waals surface area contributed by atoms with Gasteiger partial charge in [-0.15, -0.1) is 0 Å². The van der Waals surface area contributed by atoms with Crippen molar-refractivity contribution in [3.63, 3.8) is 0 Å². The van der Waals surface area contributed by atoms with E-state index in [0.717, 1.165) is 13.1 Å². The Labute approximate surface area is 94.8 Å². The number of aromatic nitrogens is 1. The third kappa shape index (κ3) is 2.41. The lowest BCUT2D eigenvalue weighted by atomic mass is 10.3. The fraction of sp³-hybridized carbons (Fsp3) is 0.636. The number of hydrogen-bond donors (Lipinski definition) is 2. The van der Waals surface area contributed by atoms with Crippen molar-refractivity contribution in [1.82, 2.24) is 5.16 Å². The third-order valence-corrected chi connectivity index (χ3v) is 3.13. The van der Waals surface area contributed by atoms with E-state index in [1.54, 1.807) is 13.0 Å². The molecule has 88 valence electrons. The molecule has 0 spiro atoms. The number of carbonyl (C=O) groups is 1. The van der Waals surface area contributed by atoms with E-state index in [0.29, 0.717) is 11.6 Å². The number of nitrogens with one attached hydrogen (secondary N) is 2. The predicted octanol–water partition coefficient (Wildman–Crippen LogP) is -0.0113. The van der Waals surface area contributed by atoms with Crippen LogP contribution in [0.15, 0.2) is 10.6 Å². The Balaban J connectivity index is 1.92. The summed E-state index contributed by atoms with van der Waals surface area (Å²) in [6, 6.07) is 1.71. The Bertz CT molecular complexity index is 369. The summed E-state index contributed by atoms with van der Waals surface area (Å²) in [7, 11) is 0. The number of anilines is 1. The number of rotatable bonds is 3. The summed E-state index contributed by atoms with van der Waals surface area (Å²) in [6.07, 6.45) is 2.44. The molecule has 5 nitrogen and oxygen atoms in total. The van der Waals surface area contributed by atoms with Crippen molar-refractivity contribution in [2.45, 2.75) is 32.7 Å². The molecule has 1 fully saturated rings. The molecule has 16 heavy (non-hydrogen) atoms. The standard InChI is InChI=1S/C11H17N3O2/c1-8-7-10(13-16-8)12-11(15)9(2)14-5-3-4-6-14/h7,9H,3-6H2,1-2H3,(H,12,13,15)/p+1/t9-/m0/s1. The molecule has 0 unspecified atom stereocenters. The van der Waals surface area contributed by atoms with Crippen LogP contribution in [0, 0.1) is 6.92 Å². The zero-order chi connectivity index (χ0) is 11.5. The van der Waals surface area contributed by atoms with E-state index in [2.05, 4.69) is 10.5 Å². The maximum atomic E-state index is 11.9. The molecule has 1 aliphatic heterocycles. The van der Waals surface area contributed by atoms with Gasteiger partial charge in [0.05, 0.1) is 13.1 Å². The number of carbonyl (C=O) groups excluding carboxylic acids is 1. The van der Waals surface area contributed by atoms with Crippen molar-refractivity contribution in [3.05, 3.63) is 11.8 Å². The lowest BCUT2D eigenvalue weighted by molar-refractivity contribution is -0.901. The van der Waals surface area contributed by atoms with Gasteiger partial charge < -0.3 is 14.7 Å². The summed E-state index contributed by atoms with van der Waals surface area (Å²) < 4.78 is 4.90. The minimum absolute atomic E-state index is 0.0143. The molecule has 1 saturated heterocycles. The van der Waals surface area contributed by atoms with Gasteiger partial charge in [-0.2, -0.15) is 0 Å². The van der Waals surface area contributed by atoms with Crippen LogP contribution < -0.4 is 10.2 Å². The highest BCUT2D eigenvalue weighted by Gasteiger charge is 2.28. The van der Waals surface area contributed by atoms with E-state index in [9.17, 15) is 4.79 Å². The van der Waals surface area contributed by atoms with Crippen molar-refractivity contribution in [2.75, 3.05) is 18.4 Å². The molecule has 1 aromatic heterocycles. The van der Waals surface area contributed by atoms with E-state index in [4.69, 9.17) is 4.52 Å². The second kappa shape index (κ2) is 4.65. The number of aryl methyl sites for hydroxylation is 1. The van der Waals surface area contributed by atoms with E-state index in [-0.39, 0.29) is 11.9 Å². The highest BCUT2D eigenvalue weighted by molar-refractivity contribution is 5.92. The number of nitrogens with zero attached hydrogens (tertiary/aromatic N) is 1. The molecule has 2 N–H and O–H groups in total. The molecule has 1 aliphatic rings. The topological polar surface area (TPSA) is 59.6 Å². The predicted molar refractivity (Wildman–Crippen MR) is 59.3 cm³/mol. The number of likely N-dealkylation sites (tertiary alicyclic amines) is 1. The van der Waals surface area contributed by atoms with Crippen LogP contribution in [-0.4, -0.2) is 30.2 Å². The molecular formula is C11H18N3O2+. The van der Waals surface area contributed by atoms with E-state index >= 15 is 0 Å². The van der Waals surface area contributed by atoms with Gasteiger partial charge >= 0.3 is 0 Å². The Morgan fingerprint density at radius 3 is 2.81 bits per heavy atom. The van der Waals surface area contributed by atoms with Gasteiger partial charge in [-0.05, 0) is 13.8 Å². The number of hydrogen-bond acceptors (Lipinski definition) is 3. The molecule has 0 aliphatic carbocycles. The van der Waals surface area contributed by atoms with Gasteiger partial charge in [0, 0.05) is 18.9 Å². The minimum atomic E-state index is -0.0143. The molecule has 5 heteroatoms. The molecule has 2 heterocycles. The molecule has 1 atom stereocenters. The van der Waals surface area contributed by atoms with Crippen molar-refractivity contribution in [3.8, 4) is 0 Å². The van der Waals surface area contributed by atoms with Crippen LogP contribution in [0.5, 0.6) is 0 Å². The van der Waals surface area contributed by atoms with Crippen LogP contribution in [0.2, 0.25) is 0 Å². The lowest BCUT2D eigenvalue weighted by Gasteiger charge is -2.19. The van der Waals surface area contributed by atoms with Gasteiger partial charge in [0.15, 0.2) is 11.9 Å². The maximum absolute atomic E-state index is 11.9. The van der Waals surface area contributed by atoms with Gasteiger partial charge in [0.1, 0.15) is 5.76 Å².